The number of hydrogen-bond acceptors (Lipinski definition) is 2. The zero-order chi connectivity index (χ0) is 16.4. The Balaban J connectivity index is 2.18. The van der Waals surface area contributed by atoms with Gasteiger partial charge in [-0.15, -0.1) is 0 Å². The van der Waals surface area contributed by atoms with Gasteiger partial charge in [-0.25, -0.2) is 9.37 Å². The maximum atomic E-state index is 13.2. The van der Waals surface area contributed by atoms with E-state index in [1.54, 1.807) is 18.3 Å². The third-order valence-corrected chi connectivity index (χ3v) is 3.83. The maximum Gasteiger partial charge on any atom is 0.123 e. The summed E-state index contributed by atoms with van der Waals surface area (Å²) in [5.41, 5.74) is 5.65. The quantitative estimate of drug-likeness (QED) is 0.649. The van der Waals surface area contributed by atoms with Gasteiger partial charge in [0, 0.05) is 17.3 Å². The molecule has 0 aliphatic carbocycles. The fourth-order valence-corrected chi connectivity index (χ4v) is 2.41. The van der Waals surface area contributed by atoms with Crippen molar-refractivity contribution in [3.8, 4) is 22.5 Å². The summed E-state index contributed by atoms with van der Waals surface area (Å²) < 4.78 is 13.2. The van der Waals surface area contributed by atoms with Crippen LogP contribution < -0.4 is 0 Å². The number of benzene rings is 2. The van der Waals surface area contributed by atoms with Crippen molar-refractivity contribution >= 4 is 0 Å². The number of halogens is 1. The standard InChI is InChI=1S/C20H19FN2/c1-13(2)18-12-22-19(15-8-10-17(21)11-9-15)20(23-18)16-6-4-14(3)5-7-16/h4-13H,1-3H3. The largest absolute Gasteiger partial charge is 0.252 e. The van der Waals surface area contributed by atoms with Gasteiger partial charge >= 0.3 is 0 Å². The van der Waals surface area contributed by atoms with Crippen LogP contribution in [0.3, 0.4) is 0 Å². The first-order valence-corrected chi connectivity index (χ1v) is 7.74. The molecule has 23 heavy (non-hydrogen) atoms. The van der Waals surface area contributed by atoms with E-state index in [1.807, 2.05) is 0 Å². The van der Waals surface area contributed by atoms with Crippen LogP contribution in [0, 0.1) is 12.7 Å². The molecule has 0 aliphatic heterocycles. The van der Waals surface area contributed by atoms with E-state index in [0.29, 0.717) is 5.92 Å². The molecule has 0 radical (unpaired) electrons. The van der Waals surface area contributed by atoms with Gasteiger partial charge in [-0.05, 0) is 37.1 Å². The Bertz CT molecular complexity index is 806. The lowest BCUT2D eigenvalue weighted by Gasteiger charge is -2.12. The molecular formula is C20H19FN2. The topological polar surface area (TPSA) is 25.8 Å². The fourth-order valence-electron chi connectivity index (χ4n) is 2.41. The van der Waals surface area contributed by atoms with Crippen molar-refractivity contribution in [1.82, 2.24) is 9.97 Å². The highest BCUT2D eigenvalue weighted by molar-refractivity contribution is 5.77. The van der Waals surface area contributed by atoms with Gasteiger partial charge in [0.2, 0.25) is 0 Å². The lowest BCUT2D eigenvalue weighted by Crippen LogP contribution is -2.00. The summed E-state index contributed by atoms with van der Waals surface area (Å²) >= 11 is 0. The smallest absolute Gasteiger partial charge is 0.123 e. The van der Waals surface area contributed by atoms with Crippen molar-refractivity contribution in [3.05, 3.63) is 71.8 Å². The Morgan fingerprint density at radius 1 is 0.826 bits per heavy atom. The zero-order valence-electron chi connectivity index (χ0n) is 13.5. The molecule has 1 heterocycles. The third kappa shape index (κ3) is 3.29. The monoisotopic (exact) mass is 306 g/mol. The summed E-state index contributed by atoms with van der Waals surface area (Å²) in [5.74, 6) is 0.0476. The fraction of sp³-hybridized carbons (Fsp3) is 0.200. The van der Waals surface area contributed by atoms with Crippen LogP contribution in [-0.4, -0.2) is 9.97 Å². The molecule has 0 unspecified atom stereocenters. The number of hydrogen-bond donors (Lipinski definition) is 0. The van der Waals surface area contributed by atoms with E-state index in [0.717, 1.165) is 28.2 Å². The van der Waals surface area contributed by atoms with Gasteiger partial charge in [-0.2, -0.15) is 0 Å². The summed E-state index contributed by atoms with van der Waals surface area (Å²) in [6.45, 7) is 6.25. The predicted molar refractivity (Wildman–Crippen MR) is 91.7 cm³/mol. The summed E-state index contributed by atoms with van der Waals surface area (Å²) in [6.07, 6.45) is 1.81. The highest BCUT2D eigenvalue weighted by atomic mass is 19.1. The summed E-state index contributed by atoms with van der Waals surface area (Å²) in [5, 5.41) is 0. The zero-order valence-corrected chi connectivity index (χ0v) is 13.5. The average molecular weight is 306 g/mol. The van der Waals surface area contributed by atoms with Crippen molar-refractivity contribution in [2.45, 2.75) is 26.7 Å². The molecule has 2 nitrogen and oxygen atoms in total. The minimum Gasteiger partial charge on any atom is -0.252 e. The molecule has 0 atom stereocenters. The van der Waals surface area contributed by atoms with Crippen LogP contribution in [0.25, 0.3) is 22.5 Å². The highest BCUT2D eigenvalue weighted by Crippen LogP contribution is 2.30. The molecule has 3 aromatic rings. The van der Waals surface area contributed by atoms with Crippen molar-refractivity contribution < 1.29 is 4.39 Å². The number of rotatable bonds is 3. The van der Waals surface area contributed by atoms with Gasteiger partial charge < -0.3 is 0 Å². The Morgan fingerprint density at radius 2 is 1.39 bits per heavy atom. The van der Waals surface area contributed by atoms with Crippen molar-refractivity contribution in [3.63, 3.8) is 0 Å². The Kier molecular flexibility index (Phi) is 4.20. The molecular weight excluding hydrogens is 287 g/mol. The predicted octanol–water partition coefficient (Wildman–Crippen LogP) is 5.38. The number of aryl methyl sites for hydroxylation is 1. The molecule has 0 N–H and O–H groups in total. The van der Waals surface area contributed by atoms with E-state index in [9.17, 15) is 4.39 Å². The van der Waals surface area contributed by atoms with Crippen LogP contribution >= 0.6 is 0 Å². The molecule has 0 spiro atoms. The van der Waals surface area contributed by atoms with E-state index < -0.39 is 0 Å². The maximum absolute atomic E-state index is 13.2. The van der Waals surface area contributed by atoms with Crippen LogP contribution in [-0.2, 0) is 0 Å². The molecule has 0 amide bonds. The van der Waals surface area contributed by atoms with Crippen LogP contribution in [0.1, 0.15) is 31.0 Å². The van der Waals surface area contributed by atoms with Gasteiger partial charge in [-0.3, -0.25) is 4.98 Å². The molecule has 2 aromatic carbocycles. The van der Waals surface area contributed by atoms with E-state index in [2.05, 4.69) is 50.0 Å². The van der Waals surface area contributed by atoms with Gasteiger partial charge in [0.1, 0.15) is 5.82 Å². The Labute approximate surface area is 136 Å². The normalized spacial score (nSPS) is 11.0. The van der Waals surface area contributed by atoms with Crippen LogP contribution in [0.5, 0.6) is 0 Å². The van der Waals surface area contributed by atoms with Gasteiger partial charge in [0.05, 0.1) is 17.1 Å². The number of nitrogens with zero attached hydrogens (tertiary/aromatic N) is 2. The second-order valence-corrected chi connectivity index (χ2v) is 6.02. The first kappa shape index (κ1) is 15.3. The first-order chi connectivity index (χ1) is 11.0. The molecule has 3 heteroatoms. The van der Waals surface area contributed by atoms with Gasteiger partial charge in [0.15, 0.2) is 0 Å². The molecule has 0 aliphatic rings. The lowest BCUT2D eigenvalue weighted by atomic mass is 10.0. The van der Waals surface area contributed by atoms with Gasteiger partial charge in [0.25, 0.3) is 0 Å². The van der Waals surface area contributed by atoms with Crippen LogP contribution in [0.15, 0.2) is 54.7 Å². The van der Waals surface area contributed by atoms with Crippen molar-refractivity contribution in [2.75, 3.05) is 0 Å². The van der Waals surface area contributed by atoms with Crippen molar-refractivity contribution in [1.29, 1.82) is 0 Å². The molecule has 0 bridgehead atoms. The van der Waals surface area contributed by atoms with Crippen LogP contribution in [0.2, 0.25) is 0 Å². The minimum atomic E-state index is -0.252. The third-order valence-electron chi connectivity index (χ3n) is 3.83. The first-order valence-electron chi connectivity index (χ1n) is 7.74. The molecule has 0 saturated carbocycles. The van der Waals surface area contributed by atoms with Gasteiger partial charge in [-0.1, -0.05) is 43.7 Å². The van der Waals surface area contributed by atoms with E-state index in [4.69, 9.17) is 4.98 Å². The SMILES string of the molecule is Cc1ccc(-c2nc(C(C)C)cnc2-c2ccc(F)cc2)cc1. The van der Waals surface area contributed by atoms with Crippen LogP contribution in [0.4, 0.5) is 4.39 Å². The highest BCUT2D eigenvalue weighted by Gasteiger charge is 2.13. The summed E-state index contributed by atoms with van der Waals surface area (Å²) in [7, 11) is 0. The second-order valence-electron chi connectivity index (χ2n) is 6.02. The summed E-state index contributed by atoms with van der Waals surface area (Å²) in [6, 6.07) is 14.6. The molecule has 116 valence electrons. The van der Waals surface area contributed by atoms with E-state index in [1.165, 1.54) is 17.7 Å². The lowest BCUT2D eigenvalue weighted by molar-refractivity contribution is 0.628. The summed E-state index contributed by atoms with van der Waals surface area (Å²) in [4.78, 5) is 9.43. The average Bonchev–Trinajstić information content (AvgIpc) is 2.56. The molecule has 0 saturated heterocycles. The number of aromatic nitrogens is 2. The molecule has 0 fully saturated rings. The molecule has 1 aromatic heterocycles. The second kappa shape index (κ2) is 6.29. The van der Waals surface area contributed by atoms with E-state index >= 15 is 0 Å². The minimum absolute atomic E-state index is 0.252. The van der Waals surface area contributed by atoms with E-state index in [-0.39, 0.29) is 5.82 Å². The Morgan fingerprint density at radius 3 is 2.00 bits per heavy atom. The van der Waals surface area contributed by atoms with Crippen molar-refractivity contribution in [2.24, 2.45) is 0 Å². The Hall–Kier alpha value is -2.55. The molecule has 3 rings (SSSR count).